The number of hydrogen-bond donors (Lipinski definition) is 3. The Kier molecular flexibility index (Phi) is 77.3. The molecule has 0 aliphatic heterocycles. The SMILES string of the molecule is CC/C=C\C/C=C\C/C=C\C/C=C\C/C=C\CC(=O)OC(COC(=O)CCCCCCCC/C=C\C/C=C\C/C=C\CCCCC)COP(=O)(O)OCC(O)COP(=O)(O)OCC(COC(=O)CCCCCCCC/C=C\C/C=C\C/C=C\CCCCC)OC(=O)CCCCCCCCC/C=C\C/C=C\C/C=C\CC. The summed E-state index contributed by atoms with van der Waals surface area (Å²) in [4.78, 5) is 73.2. The predicted molar refractivity (Wildman–Crippen MR) is 454 cm³/mol. The summed E-state index contributed by atoms with van der Waals surface area (Å²) in [7, 11) is -10.0. The van der Waals surface area contributed by atoms with Crippen LogP contribution in [0.2, 0.25) is 0 Å². The topological polar surface area (TPSA) is 237 Å². The van der Waals surface area contributed by atoms with E-state index in [9.17, 15) is 43.2 Å². The van der Waals surface area contributed by atoms with Crippen molar-refractivity contribution in [3.8, 4) is 0 Å². The van der Waals surface area contributed by atoms with E-state index in [1.165, 1.54) is 38.5 Å². The molecule has 0 bridgehead atoms. The van der Waals surface area contributed by atoms with E-state index in [4.69, 9.17) is 37.0 Å². The van der Waals surface area contributed by atoms with Crippen LogP contribution in [0, 0.1) is 0 Å². The molecule has 0 saturated heterocycles. The minimum atomic E-state index is -5.02. The molecule has 626 valence electrons. The van der Waals surface area contributed by atoms with Gasteiger partial charge in [0.15, 0.2) is 12.2 Å². The van der Waals surface area contributed by atoms with E-state index in [2.05, 4.69) is 174 Å². The number of phosphoric ester groups is 2. The van der Waals surface area contributed by atoms with Crippen molar-refractivity contribution in [1.82, 2.24) is 0 Å². The van der Waals surface area contributed by atoms with Crippen molar-refractivity contribution in [2.24, 2.45) is 0 Å². The lowest BCUT2D eigenvalue weighted by molar-refractivity contribution is -0.161. The highest BCUT2D eigenvalue weighted by atomic mass is 31.2. The van der Waals surface area contributed by atoms with Crippen molar-refractivity contribution < 1.29 is 80.2 Å². The summed E-state index contributed by atoms with van der Waals surface area (Å²) in [6.45, 7) is 4.45. The van der Waals surface area contributed by atoms with Gasteiger partial charge in [0.25, 0.3) is 0 Å². The summed E-state index contributed by atoms with van der Waals surface area (Å²) in [6, 6.07) is 0. The smallest absolute Gasteiger partial charge is 0.462 e. The fourth-order valence-corrected chi connectivity index (χ4v) is 12.4. The number of esters is 4. The molecule has 0 rings (SSSR count). The van der Waals surface area contributed by atoms with E-state index in [0.29, 0.717) is 25.7 Å². The Bertz CT molecular complexity index is 2750. The molecule has 0 aliphatic carbocycles. The van der Waals surface area contributed by atoms with Crippen LogP contribution < -0.4 is 0 Å². The molecule has 3 N–H and O–H groups in total. The summed E-state index contributed by atoms with van der Waals surface area (Å²) in [6.07, 6.45) is 97.7. The standard InChI is InChI=1S/C91H150O17P2/c1-5-9-13-17-21-25-29-33-37-40-42-45-48-51-55-59-63-67-71-75-88(93)101-81-86(107-90(95)77-73-69-65-61-57-53-47-36-32-28-24-20-16-12-8-4)83-105-109(97,98)103-79-85(92)80-104-110(99,100)106-84-87(108-91(96)78-74-70-66-62-58-54-50-44-39-35-31-27-23-19-15-11-7-3)82-102-89(94)76-72-68-64-60-56-52-49-46-43-41-38-34-30-26-22-18-14-10-6-2/h11-12,15-16,21-28,33-39,42-43,45-47,57,61,69,73,85-87,92H,5-10,13-14,17-20,29-32,40-41,44,48-56,58-60,62-68,70-72,74-84H2,1-4H3,(H,97,98)(H,99,100)/b15-11-,16-12-,25-21-,26-22-,27-23-,28-24-,37-33-,38-34-,39-35-,45-42-,46-43-,47-36-,61-57-,73-69-. The van der Waals surface area contributed by atoms with Crippen molar-refractivity contribution in [3.63, 3.8) is 0 Å². The van der Waals surface area contributed by atoms with E-state index in [1.807, 2.05) is 12.2 Å². The van der Waals surface area contributed by atoms with Crippen LogP contribution in [0.3, 0.4) is 0 Å². The van der Waals surface area contributed by atoms with E-state index < -0.39 is 97.5 Å². The molecule has 0 heterocycles. The Morgan fingerprint density at radius 3 is 0.809 bits per heavy atom. The largest absolute Gasteiger partial charge is 0.472 e. The van der Waals surface area contributed by atoms with Crippen molar-refractivity contribution in [1.29, 1.82) is 0 Å². The zero-order valence-electron chi connectivity index (χ0n) is 68.6. The van der Waals surface area contributed by atoms with Crippen molar-refractivity contribution in [2.75, 3.05) is 39.6 Å². The highest BCUT2D eigenvalue weighted by Crippen LogP contribution is 2.45. The molecule has 0 aliphatic rings. The van der Waals surface area contributed by atoms with Gasteiger partial charge in [-0.05, 0) is 161 Å². The lowest BCUT2D eigenvalue weighted by Gasteiger charge is -2.21. The van der Waals surface area contributed by atoms with E-state index in [1.54, 1.807) is 12.2 Å². The fraction of sp³-hybridized carbons (Fsp3) is 0.648. The summed E-state index contributed by atoms with van der Waals surface area (Å²) in [5, 5.41) is 10.7. The molecule has 0 radical (unpaired) electrons. The van der Waals surface area contributed by atoms with Crippen LogP contribution in [-0.2, 0) is 65.4 Å². The molecule has 0 saturated carbocycles. The molecule has 0 aromatic carbocycles. The second kappa shape index (κ2) is 81.4. The average Bonchev–Trinajstić information content (AvgIpc) is 0.899. The lowest BCUT2D eigenvalue weighted by atomic mass is 10.1. The first-order chi connectivity index (χ1) is 53.7. The molecule has 0 spiro atoms. The number of carbonyl (C=O) groups is 4. The van der Waals surface area contributed by atoms with Gasteiger partial charge in [-0.2, -0.15) is 0 Å². The lowest BCUT2D eigenvalue weighted by Crippen LogP contribution is -2.30. The third kappa shape index (κ3) is 80.5. The number of ether oxygens (including phenoxy) is 4. The van der Waals surface area contributed by atoms with Gasteiger partial charge in [0.1, 0.15) is 19.3 Å². The van der Waals surface area contributed by atoms with Gasteiger partial charge in [0.2, 0.25) is 0 Å². The van der Waals surface area contributed by atoms with E-state index in [0.717, 1.165) is 205 Å². The monoisotopic (exact) mass is 1580 g/mol. The number of aliphatic hydroxyl groups excluding tert-OH is 1. The van der Waals surface area contributed by atoms with Crippen LogP contribution in [0.1, 0.15) is 323 Å². The van der Waals surface area contributed by atoms with E-state index >= 15 is 0 Å². The Balaban J connectivity index is 5.47. The fourth-order valence-electron chi connectivity index (χ4n) is 10.8. The van der Waals surface area contributed by atoms with Gasteiger partial charge in [0.05, 0.1) is 32.8 Å². The quantitative estimate of drug-likeness (QED) is 0.0169. The molecule has 5 unspecified atom stereocenters. The molecule has 0 fully saturated rings. The second-order valence-corrected chi connectivity index (χ2v) is 30.6. The molecule has 110 heavy (non-hydrogen) atoms. The Labute approximate surface area is 667 Å². The van der Waals surface area contributed by atoms with Crippen molar-refractivity contribution >= 4 is 39.5 Å². The Hall–Kier alpha value is -5.58. The van der Waals surface area contributed by atoms with Crippen LogP contribution in [0.5, 0.6) is 0 Å². The Morgan fingerprint density at radius 2 is 0.509 bits per heavy atom. The van der Waals surface area contributed by atoms with Crippen LogP contribution in [0.25, 0.3) is 0 Å². The molecule has 0 aromatic rings. The van der Waals surface area contributed by atoms with E-state index in [-0.39, 0.29) is 25.7 Å². The molecular weight excluding hydrogens is 1430 g/mol. The normalized spacial score (nSPS) is 14.6. The maximum atomic E-state index is 13.1. The molecule has 5 atom stereocenters. The van der Waals surface area contributed by atoms with Gasteiger partial charge >= 0.3 is 39.5 Å². The number of allylic oxidation sites excluding steroid dienone is 27. The molecule has 0 aromatic heterocycles. The summed E-state index contributed by atoms with van der Waals surface area (Å²) in [5.41, 5.74) is 0. The van der Waals surface area contributed by atoms with Gasteiger partial charge in [0, 0.05) is 19.3 Å². The molecule has 0 amide bonds. The first-order valence-corrected chi connectivity index (χ1v) is 45.4. The highest BCUT2D eigenvalue weighted by Gasteiger charge is 2.30. The minimum Gasteiger partial charge on any atom is -0.462 e. The van der Waals surface area contributed by atoms with Gasteiger partial charge in [-0.1, -0.05) is 307 Å². The van der Waals surface area contributed by atoms with Gasteiger partial charge < -0.3 is 33.8 Å². The van der Waals surface area contributed by atoms with Gasteiger partial charge in [-0.15, -0.1) is 0 Å². The number of carbonyl (C=O) groups excluding carboxylic acids is 4. The molecule has 19 heteroatoms. The van der Waals surface area contributed by atoms with Gasteiger partial charge in [-0.3, -0.25) is 37.3 Å². The van der Waals surface area contributed by atoms with Crippen molar-refractivity contribution in [2.45, 2.75) is 341 Å². The second-order valence-electron chi connectivity index (χ2n) is 27.7. The first kappa shape index (κ1) is 104. The number of rotatable bonds is 78. The van der Waals surface area contributed by atoms with Crippen molar-refractivity contribution in [3.05, 3.63) is 170 Å². The average molecular weight is 1580 g/mol. The van der Waals surface area contributed by atoms with Gasteiger partial charge in [-0.25, -0.2) is 9.13 Å². The summed E-state index contributed by atoms with van der Waals surface area (Å²) < 4.78 is 68.6. The maximum Gasteiger partial charge on any atom is 0.472 e. The van der Waals surface area contributed by atoms with Crippen LogP contribution in [0.15, 0.2) is 170 Å². The maximum absolute atomic E-state index is 13.1. The zero-order chi connectivity index (χ0) is 80.3. The number of aliphatic hydroxyl groups is 1. The molecule has 17 nitrogen and oxygen atoms in total. The number of phosphoric acid groups is 2. The number of unbranched alkanes of at least 4 members (excludes halogenated alkanes) is 25. The zero-order valence-corrected chi connectivity index (χ0v) is 70.4. The third-order valence-corrected chi connectivity index (χ3v) is 19.1. The third-order valence-electron chi connectivity index (χ3n) is 17.2. The summed E-state index contributed by atoms with van der Waals surface area (Å²) in [5.74, 6) is -2.37. The minimum absolute atomic E-state index is 0.0725. The summed E-state index contributed by atoms with van der Waals surface area (Å²) >= 11 is 0. The highest BCUT2D eigenvalue weighted by molar-refractivity contribution is 7.47. The van der Waals surface area contributed by atoms with Crippen LogP contribution in [-0.4, -0.2) is 96.7 Å². The van der Waals surface area contributed by atoms with Crippen LogP contribution >= 0.6 is 15.6 Å². The predicted octanol–water partition coefficient (Wildman–Crippen LogP) is 25.3. The van der Waals surface area contributed by atoms with Crippen LogP contribution in [0.4, 0.5) is 0 Å². The Morgan fingerprint density at radius 1 is 0.273 bits per heavy atom. The first-order valence-electron chi connectivity index (χ1n) is 42.4. The molecular formula is C91H150O17P2. The number of hydrogen-bond acceptors (Lipinski definition) is 15.